The van der Waals surface area contributed by atoms with Crippen LogP contribution in [0.25, 0.3) is 0 Å². The number of halogens is 8. The van der Waals surface area contributed by atoms with Gasteiger partial charge < -0.3 is 0 Å². The van der Waals surface area contributed by atoms with Crippen LogP contribution in [-0.4, -0.2) is 48.9 Å². The molecule has 0 aliphatic carbocycles. The average Bonchev–Trinajstić information content (AvgIpc) is 2.32. The molecular formula is C8H4F8N2O2. The predicted molar refractivity (Wildman–Crippen MR) is 45.8 cm³/mol. The van der Waals surface area contributed by atoms with E-state index < -0.39 is 36.8 Å². The Hall–Kier alpha value is -1.80. The number of hydrogen-bond acceptors (Lipinski definition) is 4. The average molecular weight is 312 g/mol. The first-order valence-electron chi connectivity index (χ1n) is 4.46. The highest BCUT2D eigenvalue weighted by Gasteiger charge is 2.80. The summed E-state index contributed by atoms with van der Waals surface area (Å²) in [5.41, 5.74) is -4.72. The van der Waals surface area contributed by atoms with Crippen molar-refractivity contribution < 1.29 is 44.7 Å². The molecule has 0 atom stereocenters. The fourth-order valence-corrected chi connectivity index (χ4v) is 1.02. The van der Waals surface area contributed by atoms with E-state index in [1.54, 1.807) is 0 Å². The number of nitrogens with zero attached hydrogens (tertiary/aromatic N) is 2. The van der Waals surface area contributed by atoms with Crippen LogP contribution < -0.4 is 0 Å². The van der Waals surface area contributed by atoms with E-state index in [1.165, 1.54) is 0 Å². The lowest BCUT2D eigenvalue weighted by atomic mass is 9.92. The van der Waals surface area contributed by atoms with Crippen LogP contribution in [0.5, 0.6) is 0 Å². The van der Waals surface area contributed by atoms with Gasteiger partial charge in [0.05, 0.1) is 13.1 Å². The number of hydrogen-bond donors (Lipinski definition) is 0. The van der Waals surface area contributed by atoms with Crippen molar-refractivity contribution >= 4 is 12.2 Å². The Balaban J connectivity index is 5.87. The number of alkyl halides is 8. The number of rotatable bonds is 6. The molecule has 0 bridgehead atoms. The van der Waals surface area contributed by atoms with Crippen LogP contribution in [0.15, 0.2) is 9.98 Å². The van der Waals surface area contributed by atoms with Gasteiger partial charge in [0, 0.05) is 0 Å². The maximum Gasteiger partial charge on any atom is 0.460 e. The smallest absolute Gasteiger partial charge is 0.233 e. The molecule has 12 heteroatoms. The van der Waals surface area contributed by atoms with Crippen LogP contribution >= 0.6 is 0 Å². The molecule has 0 heterocycles. The van der Waals surface area contributed by atoms with E-state index in [0.717, 1.165) is 0 Å². The summed E-state index contributed by atoms with van der Waals surface area (Å²) in [6.45, 7) is -4.19. The van der Waals surface area contributed by atoms with Crippen LogP contribution in [0.4, 0.5) is 35.1 Å². The van der Waals surface area contributed by atoms with Crippen molar-refractivity contribution in [3.05, 3.63) is 0 Å². The summed E-state index contributed by atoms with van der Waals surface area (Å²) in [5, 5.41) is 0. The third kappa shape index (κ3) is 3.02. The van der Waals surface area contributed by atoms with E-state index in [9.17, 15) is 44.7 Å². The molecule has 0 aromatic carbocycles. The minimum absolute atomic E-state index is 0.497. The number of aliphatic imine (C=N–C) groups is 2. The highest BCUT2D eigenvalue weighted by Crippen LogP contribution is 2.52. The van der Waals surface area contributed by atoms with E-state index in [4.69, 9.17) is 0 Å². The van der Waals surface area contributed by atoms with Gasteiger partial charge >= 0.3 is 18.0 Å². The topological polar surface area (TPSA) is 58.9 Å². The van der Waals surface area contributed by atoms with E-state index in [1.807, 2.05) is 0 Å². The predicted octanol–water partition coefficient (Wildman–Crippen LogP) is 2.20. The molecule has 0 spiro atoms. The highest BCUT2D eigenvalue weighted by molar-refractivity contribution is 5.35. The second-order valence-electron chi connectivity index (χ2n) is 3.43. The molecule has 0 amide bonds. The molecule has 0 unspecified atom stereocenters. The summed E-state index contributed by atoms with van der Waals surface area (Å²) in [4.78, 5) is 23.8. The molecule has 0 radical (unpaired) electrons. The summed E-state index contributed by atoms with van der Waals surface area (Å²) in [7, 11) is 0. The van der Waals surface area contributed by atoms with Gasteiger partial charge in [0.2, 0.25) is 17.8 Å². The molecule has 0 aliphatic rings. The summed E-state index contributed by atoms with van der Waals surface area (Å²) in [6, 6.07) is 0. The Morgan fingerprint density at radius 1 is 0.700 bits per heavy atom. The Bertz CT molecular complexity index is 428. The maximum absolute atomic E-state index is 13.7. The zero-order valence-electron chi connectivity index (χ0n) is 9.15. The highest BCUT2D eigenvalue weighted by atomic mass is 19.4. The van der Waals surface area contributed by atoms with Crippen molar-refractivity contribution in [2.45, 2.75) is 23.7 Å². The molecule has 0 aromatic rings. The molecule has 0 aromatic heterocycles. The third-order valence-electron chi connectivity index (χ3n) is 2.10. The Morgan fingerprint density at radius 2 is 1.05 bits per heavy atom. The van der Waals surface area contributed by atoms with Gasteiger partial charge in [-0.25, -0.2) is 24.0 Å². The molecule has 4 nitrogen and oxygen atoms in total. The Morgan fingerprint density at radius 3 is 1.30 bits per heavy atom. The first kappa shape index (κ1) is 18.2. The third-order valence-corrected chi connectivity index (χ3v) is 2.10. The number of isocyanates is 2. The largest absolute Gasteiger partial charge is 0.460 e. The quantitative estimate of drug-likeness (QED) is 0.429. The minimum atomic E-state index is -6.77. The molecular weight excluding hydrogens is 308 g/mol. The lowest BCUT2D eigenvalue weighted by Crippen LogP contribution is -2.64. The van der Waals surface area contributed by atoms with Crippen LogP contribution in [0, 0.1) is 0 Å². The lowest BCUT2D eigenvalue weighted by molar-refractivity contribution is -0.377. The van der Waals surface area contributed by atoms with Gasteiger partial charge in [-0.2, -0.15) is 30.7 Å². The van der Waals surface area contributed by atoms with Gasteiger partial charge in [-0.3, -0.25) is 0 Å². The van der Waals surface area contributed by atoms with Crippen molar-refractivity contribution in [3.8, 4) is 0 Å². The Kier molecular flexibility index (Phi) is 5.17. The normalized spacial score (nSPS) is 15.8. The van der Waals surface area contributed by atoms with E-state index in [2.05, 4.69) is 9.98 Å². The number of carbonyl (C=O) groups excluding carboxylic acids is 2. The Labute approximate surface area is 105 Å². The van der Waals surface area contributed by atoms with Crippen molar-refractivity contribution in [1.29, 1.82) is 0 Å². The van der Waals surface area contributed by atoms with Crippen LogP contribution in [-0.2, 0) is 9.59 Å². The van der Waals surface area contributed by atoms with E-state index in [-0.39, 0.29) is 0 Å². The summed E-state index contributed by atoms with van der Waals surface area (Å²) in [6.07, 6.45) is -5.78. The molecule has 0 aliphatic heterocycles. The molecule has 0 saturated heterocycles. The van der Waals surface area contributed by atoms with Crippen molar-refractivity contribution in [3.63, 3.8) is 0 Å². The standard InChI is InChI=1S/C8H4F8N2O2/c9-5(1-17-3-19,2-18-4-20)6(10,11)7(12,13)8(14,15)16/h1-2H2. The van der Waals surface area contributed by atoms with Gasteiger partial charge in [0.15, 0.2) is 0 Å². The van der Waals surface area contributed by atoms with Crippen molar-refractivity contribution in [1.82, 2.24) is 0 Å². The molecule has 0 saturated carbocycles. The van der Waals surface area contributed by atoms with E-state index >= 15 is 0 Å². The van der Waals surface area contributed by atoms with Crippen LogP contribution in [0.2, 0.25) is 0 Å². The minimum Gasteiger partial charge on any atom is -0.233 e. The second kappa shape index (κ2) is 5.68. The van der Waals surface area contributed by atoms with E-state index in [0.29, 0.717) is 12.2 Å². The zero-order valence-corrected chi connectivity index (χ0v) is 9.15. The molecule has 0 fully saturated rings. The first-order valence-corrected chi connectivity index (χ1v) is 4.46. The fraction of sp³-hybridized carbons (Fsp3) is 0.750. The fourth-order valence-electron chi connectivity index (χ4n) is 1.02. The first-order chi connectivity index (χ1) is 8.87. The van der Waals surface area contributed by atoms with Gasteiger partial charge in [-0.1, -0.05) is 0 Å². The van der Waals surface area contributed by atoms with Gasteiger partial charge in [0.25, 0.3) is 0 Å². The monoisotopic (exact) mass is 312 g/mol. The van der Waals surface area contributed by atoms with Gasteiger partial charge in [-0.05, 0) is 0 Å². The molecule has 0 N–H and O–H groups in total. The van der Waals surface area contributed by atoms with Gasteiger partial charge in [-0.15, -0.1) is 0 Å². The van der Waals surface area contributed by atoms with Crippen LogP contribution in [0.1, 0.15) is 0 Å². The lowest BCUT2D eigenvalue weighted by Gasteiger charge is -2.36. The van der Waals surface area contributed by atoms with Crippen molar-refractivity contribution in [2.75, 3.05) is 13.1 Å². The zero-order chi connectivity index (χ0) is 16.2. The second-order valence-corrected chi connectivity index (χ2v) is 3.43. The van der Waals surface area contributed by atoms with Crippen LogP contribution in [0.3, 0.4) is 0 Å². The molecule has 114 valence electrons. The molecule has 20 heavy (non-hydrogen) atoms. The van der Waals surface area contributed by atoms with Crippen molar-refractivity contribution in [2.24, 2.45) is 9.98 Å². The summed E-state index contributed by atoms with van der Waals surface area (Å²) < 4.78 is 101. The maximum atomic E-state index is 13.7. The SMILES string of the molecule is O=C=NCC(F)(CN=C=O)C(F)(F)C(F)(F)C(F)(F)F. The molecule has 0 rings (SSSR count). The van der Waals surface area contributed by atoms with Gasteiger partial charge in [0.1, 0.15) is 0 Å². The summed E-state index contributed by atoms with van der Waals surface area (Å²) >= 11 is 0. The summed E-state index contributed by atoms with van der Waals surface area (Å²) in [5.74, 6) is -13.1.